The maximum Gasteiger partial charge on any atom is 0.209 e. The topological polar surface area (TPSA) is 83.8 Å². The van der Waals surface area contributed by atoms with Crippen LogP contribution in [-0.4, -0.2) is 29.5 Å². The van der Waals surface area contributed by atoms with E-state index in [9.17, 15) is 0 Å². The van der Waals surface area contributed by atoms with Gasteiger partial charge in [-0.3, -0.25) is 9.50 Å². The monoisotopic (exact) mass is 257 g/mol. The first-order chi connectivity index (χ1) is 9.28. The van der Waals surface area contributed by atoms with Crippen molar-refractivity contribution in [2.45, 2.75) is 26.3 Å². The number of rotatable bonds is 4. The van der Waals surface area contributed by atoms with Crippen LogP contribution >= 0.6 is 0 Å². The molecule has 1 unspecified atom stereocenters. The van der Waals surface area contributed by atoms with Gasteiger partial charge in [0.15, 0.2) is 5.82 Å². The highest BCUT2D eigenvalue weighted by Gasteiger charge is 2.15. The summed E-state index contributed by atoms with van der Waals surface area (Å²) in [6.07, 6.45) is 6.23. The number of imidazole rings is 1. The predicted molar refractivity (Wildman–Crippen MR) is 70.8 cm³/mol. The Balaban J connectivity index is 1.92. The first-order valence-electron chi connectivity index (χ1n) is 6.21. The normalized spacial score (nSPS) is 12.7. The van der Waals surface area contributed by atoms with Gasteiger partial charge in [-0.05, 0) is 19.4 Å². The zero-order chi connectivity index (χ0) is 13.2. The summed E-state index contributed by atoms with van der Waals surface area (Å²) in [5.74, 6) is 2.30. The van der Waals surface area contributed by atoms with Crippen LogP contribution in [0.5, 0.6) is 0 Å². The van der Waals surface area contributed by atoms with Crippen molar-refractivity contribution in [1.29, 1.82) is 0 Å². The van der Waals surface area contributed by atoms with E-state index in [0.29, 0.717) is 0 Å². The van der Waals surface area contributed by atoms with Gasteiger partial charge >= 0.3 is 0 Å². The first-order valence-corrected chi connectivity index (χ1v) is 6.21. The maximum absolute atomic E-state index is 4.36. The van der Waals surface area contributed by atoms with Gasteiger partial charge in [-0.2, -0.15) is 5.10 Å². The van der Waals surface area contributed by atoms with E-state index < -0.39 is 0 Å². The van der Waals surface area contributed by atoms with E-state index in [-0.39, 0.29) is 6.04 Å². The number of hydrogen-bond acceptors (Lipinski definition) is 5. The Labute approximate surface area is 110 Å². The lowest BCUT2D eigenvalue weighted by molar-refractivity contribution is 0.686. The van der Waals surface area contributed by atoms with E-state index in [1.165, 1.54) is 0 Å². The lowest BCUT2D eigenvalue weighted by atomic mass is 10.2. The fraction of sp³-hybridized carbons (Fsp3) is 0.333. The molecule has 7 nitrogen and oxygen atoms in total. The van der Waals surface area contributed by atoms with Crippen LogP contribution in [0.15, 0.2) is 24.7 Å². The van der Waals surface area contributed by atoms with Crippen molar-refractivity contribution in [3.05, 3.63) is 36.3 Å². The second kappa shape index (κ2) is 4.68. The number of H-pyrrole nitrogens is 1. The third-order valence-electron chi connectivity index (χ3n) is 2.96. The van der Waals surface area contributed by atoms with E-state index in [1.54, 1.807) is 12.4 Å². The Bertz CT molecular complexity index is 684. The number of nitrogens with zero attached hydrogens (tertiary/aromatic N) is 5. The molecule has 0 radical (unpaired) electrons. The molecule has 7 heteroatoms. The van der Waals surface area contributed by atoms with Gasteiger partial charge in [0, 0.05) is 18.6 Å². The Morgan fingerprint density at radius 1 is 1.37 bits per heavy atom. The Kier molecular flexibility index (Phi) is 2.86. The molecule has 0 saturated carbocycles. The molecule has 0 fully saturated rings. The molecule has 0 aliphatic rings. The first kappa shape index (κ1) is 11.6. The zero-order valence-corrected chi connectivity index (χ0v) is 10.8. The summed E-state index contributed by atoms with van der Waals surface area (Å²) >= 11 is 0. The third kappa shape index (κ3) is 2.14. The molecule has 0 spiro atoms. The Morgan fingerprint density at radius 2 is 2.26 bits per heavy atom. The molecular weight excluding hydrogens is 242 g/mol. The van der Waals surface area contributed by atoms with Crippen LogP contribution in [0.25, 0.3) is 5.65 Å². The number of hydrogen-bond donors (Lipinski definition) is 2. The Hall–Kier alpha value is -2.44. The summed E-state index contributed by atoms with van der Waals surface area (Å²) in [6, 6.07) is 1.88. The second-order valence-corrected chi connectivity index (χ2v) is 4.31. The van der Waals surface area contributed by atoms with Crippen LogP contribution in [-0.2, 0) is 0 Å². The quantitative estimate of drug-likeness (QED) is 0.743. The summed E-state index contributed by atoms with van der Waals surface area (Å²) < 4.78 is 1.90. The van der Waals surface area contributed by atoms with Gasteiger partial charge in [0.1, 0.15) is 11.5 Å². The minimum absolute atomic E-state index is 0.0189. The summed E-state index contributed by atoms with van der Waals surface area (Å²) in [4.78, 5) is 12.9. The molecule has 3 heterocycles. The van der Waals surface area contributed by atoms with Crippen LogP contribution in [0, 0.1) is 6.92 Å². The molecule has 1 atom stereocenters. The molecule has 0 amide bonds. The van der Waals surface area contributed by atoms with Crippen molar-refractivity contribution in [2.24, 2.45) is 0 Å². The molecule has 19 heavy (non-hydrogen) atoms. The van der Waals surface area contributed by atoms with Crippen LogP contribution < -0.4 is 5.32 Å². The number of aryl methyl sites for hydroxylation is 1. The Morgan fingerprint density at radius 3 is 3.00 bits per heavy atom. The lowest BCUT2D eigenvalue weighted by Crippen LogP contribution is -2.14. The van der Waals surface area contributed by atoms with Crippen molar-refractivity contribution in [3.8, 4) is 0 Å². The fourth-order valence-electron chi connectivity index (χ4n) is 1.98. The van der Waals surface area contributed by atoms with Crippen LogP contribution in [0.2, 0.25) is 0 Å². The summed E-state index contributed by atoms with van der Waals surface area (Å²) in [5, 5.41) is 10.4. The number of aromatic amines is 1. The van der Waals surface area contributed by atoms with E-state index in [4.69, 9.17) is 0 Å². The largest absolute Gasteiger partial charge is 0.345 e. The average Bonchev–Trinajstić information content (AvgIpc) is 3.04. The van der Waals surface area contributed by atoms with E-state index in [0.717, 1.165) is 29.7 Å². The highest BCUT2D eigenvalue weighted by atomic mass is 15.3. The van der Waals surface area contributed by atoms with Crippen LogP contribution in [0.3, 0.4) is 0 Å². The van der Waals surface area contributed by atoms with Gasteiger partial charge in [-0.1, -0.05) is 6.92 Å². The molecule has 0 saturated heterocycles. The number of anilines is 1. The molecule has 0 aliphatic carbocycles. The molecule has 0 bridgehead atoms. The van der Waals surface area contributed by atoms with Gasteiger partial charge in [-0.25, -0.2) is 15.0 Å². The smallest absolute Gasteiger partial charge is 0.209 e. The van der Waals surface area contributed by atoms with Gasteiger partial charge in [0.25, 0.3) is 0 Å². The molecular formula is C12H15N7. The van der Waals surface area contributed by atoms with Gasteiger partial charge in [0.05, 0.1) is 6.04 Å². The molecule has 98 valence electrons. The predicted octanol–water partition coefficient (Wildman–Crippen LogP) is 1.72. The van der Waals surface area contributed by atoms with Gasteiger partial charge in [0.2, 0.25) is 5.95 Å². The van der Waals surface area contributed by atoms with Crippen molar-refractivity contribution in [1.82, 2.24) is 29.5 Å². The molecule has 2 N–H and O–H groups in total. The van der Waals surface area contributed by atoms with E-state index in [2.05, 4.69) is 37.4 Å². The second-order valence-electron chi connectivity index (χ2n) is 4.31. The van der Waals surface area contributed by atoms with Crippen molar-refractivity contribution < 1.29 is 0 Å². The highest BCUT2D eigenvalue weighted by molar-refractivity contribution is 5.45. The van der Waals surface area contributed by atoms with Crippen LogP contribution in [0.4, 0.5) is 5.95 Å². The zero-order valence-electron chi connectivity index (χ0n) is 10.8. The summed E-state index contributed by atoms with van der Waals surface area (Å²) in [6.45, 7) is 3.97. The molecule has 0 aromatic carbocycles. The van der Waals surface area contributed by atoms with E-state index >= 15 is 0 Å². The number of aromatic nitrogens is 6. The number of fused-ring (bicyclic) bond motifs is 1. The summed E-state index contributed by atoms with van der Waals surface area (Å²) in [5.41, 5.74) is 0.860. The molecule has 3 aromatic rings. The van der Waals surface area contributed by atoms with Crippen LogP contribution in [0.1, 0.15) is 31.0 Å². The average molecular weight is 257 g/mol. The molecule has 3 aromatic heterocycles. The van der Waals surface area contributed by atoms with Gasteiger partial charge in [-0.15, -0.1) is 0 Å². The van der Waals surface area contributed by atoms with Crippen molar-refractivity contribution >= 4 is 11.6 Å². The lowest BCUT2D eigenvalue weighted by Gasteiger charge is -2.15. The summed E-state index contributed by atoms with van der Waals surface area (Å²) in [7, 11) is 0. The number of nitrogens with one attached hydrogen (secondary N) is 2. The van der Waals surface area contributed by atoms with Gasteiger partial charge < -0.3 is 5.32 Å². The fourth-order valence-corrected chi connectivity index (χ4v) is 1.98. The van der Waals surface area contributed by atoms with Crippen molar-refractivity contribution in [3.63, 3.8) is 0 Å². The third-order valence-corrected chi connectivity index (χ3v) is 2.96. The maximum atomic E-state index is 4.36. The molecule has 3 rings (SSSR count). The van der Waals surface area contributed by atoms with Crippen molar-refractivity contribution in [2.75, 3.05) is 5.32 Å². The minimum atomic E-state index is 0.0189. The SMILES string of the molecule is CCC(Nc1nccc2nccn12)c1n[nH]c(C)n1. The highest BCUT2D eigenvalue weighted by Crippen LogP contribution is 2.18. The minimum Gasteiger partial charge on any atom is -0.345 e. The molecule has 0 aliphatic heterocycles. The van der Waals surface area contributed by atoms with E-state index in [1.807, 2.05) is 23.6 Å². The standard InChI is InChI=1S/C12H15N7/c1-3-9(11-15-8(2)17-18-11)16-12-14-5-4-10-13-6-7-19(10)12/h4-7,9H,3H2,1-2H3,(H,14,16)(H,15,17,18).